The minimum atomic E-state index is -0.0880. The third kappa shape index (κ3) is 4.52. The molecule has 3 aromatic heterocycles. The molecule has 0 saturated carbocycles. The molecular formula is C45H30N2S2. The van der Waals surface area contributed by atoms with Gasteiger partial charge in [-0.1, -0.05) is 129 Å². The molecule has 0 bridgehead atoms. The molecule has 0 aliphatic heterocycles. The number of rotatable bonds is 4. The first-order valence-corrected chi connectivity index (χ1v) is 18.3. The van der Waals surface area contributed by atoms with Crippen molar-refractivity contribution in [2.45, 2.75) is 19.3 Å². The smallest absolute Gasteiger partial charge is 0.160 e. The highest BCUT2D eigenvalue weighted by Crippen LogP contribution is 2.52. The van der Waals surface area contributed by atoms with Gasteiger partial charge in [0, 0.05) is 51.9 Å². The summed E-state index contributed by atoms with van der Waals surface area (Å²) < 4.78 is 3.85. The molecule has 0 atom stereocenters. The van der Waals surface area contributed by atoms with Gasteiger partial charge in [-0.3, -0.25) is 0 Å². The molecule has 0 amide bonds. The van der Waals surface area contributed by atoms with Crippen molar-refractivity contribution < 1.29 is 0 Å². The molecule has 1 aliphatic carbocycles. The van der Waals surface area contributed by atoms with E-state index in [9.17, 15) is 0 Å². The molecule has 6 aromatic carbocycles. The molecular weight excluding hydrogens is 633 g/mol. The Hall–Kier alpha value is -5.42. The van der Waals surface area contributed by atoms with Gasteiger partial charge in [-0.05, 0) is 63.5 Å². The van der Waals surface area contributed by atoms with Crippen LogP contribution in [-0.4, -0.2) is 9.97 Å². The average Bonchev–Trinajstić information content (AvgIpc) is 3.82. The predicted octanol–water partition coefficient (Wildman–Crippen LogP) is 13.0. The molecule has 0 fully saturated rings. The van der Waals surface area contributed by atoms with E-state index in [0.29, 0.717) is 0 Å². The molecule has 232 valence electrons. The maximum atomic E-state index is 5.34. The van der Waals surface area contributed by atoms with Crippen LogP contribution in [0, 0.1) is 0 Å². The van der Waals surface area contributed by atoms with Gasteiger partial charge < -0.3 is 0 Å². The van der Waals surface area contributed by atoms with Gasteiger partial charge in [0.2, 0.25) is 0 Å². The van der Waals surface area contributed by atoms with E-state index in [1.807, 2.05) is 22.7 Å². The Morgan fingerprint density at radius 3 is 2.02 bits per heavy atom. The number of fused-ring (bicyclic) bond motifs is 7. The Bertz CT molecular complexity index is 2710. The minimum absolute atomic E-state index is 0.0880. The van der Waals surface area contributed by atoms with Crippen LogP contribution in [0.1, 0.15) is 25.0 Å². The van der Waals surface area contributed by atoms with E-state index in [1.54, 1.807) is 0 Å². The topological polar surface area (TPSA) is 25.8 Å². The van der Waals surface area contributed by atoms with Crippen LogP contribution < -0.4 is 0 Å². The van der Waals surface area contributed by atoms with Crippen molar-refractivity contribution in [3.8, 4) is 55.5 Å². The maximum Gasteiger partial charge on any atom is 0.160 e. The number of hydrogen-bond acceptors (Lipinski definition) is 4. The van der Waals surface area contributed by atoms with E-state index in [2.05, 4.69) is 159 Å². The second-order valence-electron chi connectivity index (χ2n) is 13.4. The highest BCUT2D eigenvalue weighted by Gasteiger charge is 2.36. The number of thiophene rings is 2. The second-order valence-corrected chi connectivity index (χ2v) is 15.6. The Morgan fingerprint density at radius 2 is 1.14 bits per heavy atom. The average molecular weight is 663 g/mol. The van der Waals surface area contributed by atoms with Crippen molar-refractivity contribution in [1.82, 2.24) is 9.97 Å². The summed E-state index contributed by atoms with van der Waals surface area (Å²) >= 11 is 3.66. The lowest BCUT2D eigenvalue weighted by molar-refractivity contribution is 0.660. The van der Waals surface area contributed by atoms with Crippen LogP contribution in [0.4, 0.5) is 0 Å². The van der Waals surface area contributed by atoms with Crippen molar-refractivity contribution in [1.29, 1.82) is 0 Å². The van der Waals surface area contributed by atoms with E-state index < -0.39 is 0 Å². The van der Waals surface area contributed by atoms with Crippen LogP contribution in [0.15, 0.2) is 146 Å². The fourth-order valence-corrected chi connectivity index (χ4v) is 9.84. The number of aromatic nitrogens is 2. The molecule has 4 heteroatoms. The van der Waals surface area contributed by atoms with E-state index >= 15 is 0 Å². The monoisotopic (exact) mass is 662 g/mol. The summed E-state index contributed by atoms with van der Waals surface area (Å²) in [6.45, 7) is 4.66. The normalized spacial score (nSPS) is 13.3. The first-order valence-electron chi connectivity index (χ1n) is 16.7. The largest absolute Gasteiger partial charge is 0.228 e. The third-order valence-electron chi connectivity index (χ3n) is 10.1. The quantitative estimate of drug-likeness (QED) is 0.187. The van der Waals surface area contributed by atoms with Crippen LogP contribution in [0.2, 0.25) is 0 Å². The van der Waals surface area contributed by atoms with Crippen molar-refractivity contribution in [2.75, 3.05) is 0 Å². The van der Waals surface area contributed by atoms with Gasteiger partial charge in [0.1, 0.15) is 0 Å². The molecule has 0 saturated heterocycles. The minimum Gasteiger partial charge on any atom is -0.228 e. The van der Waals surface area contributed by atoms with Crippen LogP contribution >= 0.6 is 22.7 Å². The van der Waals surface area contributed by atoms with Crippen LogP contribution in [-0.2, 0) is 5.41 Å². The number of benzene rings is 6. The summed E-state index contributed by atoms with van der Waals surface area (Å²) in [7, 11) is 0. The van der Waals surface area contributed by atoms with E-state index in [0.717, 1.165) is 33.9 Å². The van der Waals surface area contributed by atoms with Crippen molar-refractivity contribution in [3.05, 3.63) is 157 Å². The highest BCUT2D eigenvalue weighted by atomic mass is 32.1. The molecule has 10 rings (SSSR count). The SMILES string of the molecule is CC1(C)c2ccccc2-c2c(-c3cc(-c4ccc(-c5cc6ccccc6s5)cc4)nc(-c4ccc5c(c4)sc4ccccc45)n3)cccc21. The zero-order valence-corrected chi connectivity index (χ0v) is 28.7. The van der Waals surface area contributed by atoms with Crippen LogP contribution in [0.5, 0.6) is 0 Å². The lowest BCUT2D eigenvalue weighted by Crippen LogP contribution is -2.14. The van der Waals surface area contributed by atoms with E-state index in [4.69, 9.17) is 9.97 Å². The van der Waals surface area contributed by atoms with E-state index in [-0.39, 0.29) is 5.41 Å². The zero-order valence-electron chi connectivity index (χ0n) is 27.1. The highest BCUT2D eigenvalue weighted by molar-refractivity contribution is 7.25. The van der Waals surface area contributed by atoms with Gasteiger partial charge in [0.25, 0.3) is 0 Å². The molecule has 0 unspecified atom stereocenters. The van der Waals surface area contributed by atoms with Crippen molar-refractivity contribution in [3.63, 3.8) is 0 Å². The molecule has 49 heavy (non-hydrogen) atoms. The standard InChI is InChI=1S/C45H30N2S2/c1-45(2)35-14-6-4-12-33(35)43-34(13-9-15-36(43)45)38-26-37(27-18-20-28(21-19-27)41-24-29-10-3-7-16-39(29)48-41)46-44(47-38)30-22-23-32-31-11-5-8-17-40(31)49-42(32)25-30/h3-26H,1-2H3. The lowest BCUT2D eigenvalue weighted by atomic mass is 9.82. The molecule has 2 nitrogen and oxygen atoms in total. The first-order chi connectivity index (χ1) is 24.0. The summed E-state index contributed by atoms with van der Waals surface area (Å²) in [4.78, 5) is 11.9. The second kappa shape index (κ2) is 10.8. The first kappa shape index (κ1) is 28.6. The molecule has 3 heterocycles. The van der Waals surface area contributed by atoms with Crippen molar-refractivity contribution >= 4 is 52.9 Å². The zero-order chi connectivity index (χ0) is 32.7. The van der Waals surface area contributed by atoms with Gasteiger partial charge in [-0.15, -0.1) is 22.7 Å². The van der Waals surface area contributed by atoms with Gasteiger partial charge in [-0.25, -0.2) is 9.97 Å². The summed E-state index contributed by atoms with van der Waals surface area (Å²) in [6.07, 6.45) is 0. The summed E-state index contributed by atoms with van der Waals surface area (Å²) in [5.74, 6) is 0.739. The Labute approximate surface area is 293 Å². The molecule has 9 aromatic rings. The number of nitrogens with zero attached hydrogens (tertiary/aromatic N) is 2. The fraction of sp³-hybridized carbons (Fsp3) is 0.0667. The lowest BCUT2D eigenvalue weighted by Gasteiger charge is -2.21. The number of hydrogen-bond donors (Lipinski definition) is 0. The Morgan fingerprint density at radius 1 is 0.469 bits per heavy atom. The summed E-state index contributed by atoms with van der Waals surface area (Å²) in [6, 6.07) is 52.8. The predicted molar refractivity (Wildman–Crippen MR) is 210 cm³/mol. The van der Waals surface area contributed by atoms with Crippen LogP contribution in [0.25, 0.3) is 85.7 Å². The maximum absolute atomic E-state index is 5.34. The van der Waals surface area contributed by atoms with Gasteiger partial charge >= 0.3 is 0 Å². The summed E-state index contributed by atoms with van der Waals surface area (Å²) in [5.41, 5.74) is 11.5. The third-order valence-corrected chi connectivity index (χ3v) is 12.4. The Kier molecular flexibility index (Phi) is 6.30. The van der Waals surface area contributed by atoms with Gasteiger partial charge in [-0.2, -0.15) is 0 Å². The molecule has 0 N–H and O–H groups in total. The molecule has 0 spiro atoms. The van der Waals surface area contributed by atoms with Gasteiger partial charge in [0.05, 0.1) is 11.4 Å². The van der Waals surface area contributed by atoms with Crippen LogP contribution in [0.3, 0.4) is 0 Å². The fourth-order valence-electron chi connectivity index (χ4n) is 7.62. The Balaban J connectivity index is 1.15. The molecule has 0 radical (unpaired) electrons. The van der Waals surface area contributed by atoms with Crippen molar-refractivity contribution in [2.24, 2.45) is 0 Å². The molecule has 1 aliphatic rings. The van der Waals surface area contributed by atoms with E-state index in [1.165, 1.54) is 63.0 Å². The summed E-state index contributed by atoms with van der Waals surface area (Å²) in [5, 5.41) is 3.86. The van der Waals surface area contributed by atoms with Gasteiger partial charge in [0.15, 0.2) is 5.82 Å².